The van der Waals surface area contributed by atoms with Crippen molar-refractivity contribution < 1.29 is 9.50 Å². The van der Waals surface area contributed by atoms with E-state index in [1.165, 1.54) is 18.3 Å². The number of aromatic hydroxyl groups is 1. The molecule has 0 atom stereocenters. The van der Waals surface area contributed by atoms with Crippen molar-refractivity contribution >= 4 is 21.8 Å². The normalized spacial score (nSPS) is 11.4. The van der Waals surface area contributed by atoms with Gasteiger partial charge in [0.2, 0.25) is 0 Å². The first-order valence-electron chi connectivity index (χ1n) is 9.88. The lowest BCUT2D eigenvalue weighted by Crippen LogP contribution is -1.85. The van der Waals surface area contributed by atoms with Gasteiger partial charge in [-0.3, -0.25) is 20.1 Å². The number of hydrogen-bond acceptors (Lipinski definition) is 5. The molecule has 0 amide bonds. The zero-order chi connectivity index (χ0) is 21.7. The van der Waals surface area contributed by atoms with Gasteiger partial charge in [0.1, 0.15) is 17.3 Å². The summed E-state index contributed by atoms with van der Waals surface area (Å²) in [5, 5.41) is 19.1. The molecular formula is C24H15FN6O. The maximum atomic E-state index is 13.4. The molecule has 0 fully saturated rings. The number of nitrogens with one attached hydrogen (secondary N) is 2. The third-order valence-electron chi connectivity index (χ3n) is 5.39. The number of aromatic amines is 2. The van der Waals surface area contributed by atoms with Crippen LogP contribution in [0.4, 0.5) is 4.39 Å². The van der Waals surface area contributed by atoms with Crippen LogP contribution < -0.4 is 0 Å². The first-order valence-corrected chi connectivity index (χ1v) is 9.88. The molecule has 3 N–H and O–H groups in total. The third-order valence-corrected chi connectivity index (χ3v) is 5.39. The van der Waals surface area contributed by atoms with Crippen molar-refractivity contribution in [2.24, 2.45) is 0 Å². The zero-order valence-corrected chi connectivity index (χ0v) is 16.5. The fourth-order valence-corrected chi connectivity index (χ4v) is 3.87. The number of halogens is 1. The van der Waals surface area contributed by atoms with Gasteiger partial charge in [0.05, 0.1) is 35.0 Å². The predicted octanol–water partition coefficient (Wildman–Crippen LogP) is 5.07. The van der Waals surface area contributed by atoms with Gasteiger partial charge in [-0.2, -0.15) is 5.10 Å². The fraction of sp³-hybridized carbons (Fsp3) is 0. The van der Waals surface area contributed by atoms with Gasteiger partial charge in [0, 0.05) is 39.8 Å². The molecule has 0 saturated heterocycles. The Morgan fingerprint density at radius 3 is 2.47 bits per heavy atom. The van der Waals surface area contributed by atoms with Crippen LogP contribution in [0.25, 0.3) is 55.7 Å². The van der Waals surface area contributed by atoms with E-state index in [-0.39, 0.29) is 11.6 Å². The standard InChI is InChI=1S/C24H15FN6O/c25-15-3-1-13(2-4-15)23-17-9-21(29-19(17)5-6-27-23)24-18-8-20(28-12-22(18)30-31-24)14-7-16(32)11-26-10-14/h1-12,29,32H,(H,30,31). The molecule has 0 aliphatic rings. The summed E-state index contributed by atoms with van der Waals surface area (Å²) in [5.41, 5.74) is 6.21. The quantitative estimate of drug-likeness (QED) is 0.369. The van der Waals surface area contributed by atoms with Crippen LogP contribution in [0.5, 0.6) is 5.75 Å². The molecule has 7 nitrogen and oxygen atoms in total. The summed E-state index contributed by atoms with van der Waals surface area (Å²) in [7, 11) is 0. The molecule has 6 aromatic rings. The second-order valence-corrected chi connectivity index (χ2v) is 7.43. The molecule has 0 unspecified atom stereocenters. The highest BCUT2D eigenvalue weighted by atomic mass is 19.1. The molecule has 6 rings (SSSR count). The van der Waals surface area contributed by atoms with Crippen LogP contribution in [0, 0.1) is 5.82 Å². The number of fused-ring (bicyclic) bond motifs is 2. The smallest absolute Gasteiger partial charge is 0.134 e. The summed E-state index contributed by atoms with van der Waals surface area (Å²) in [6, 6.07) is 13.7. The molecule has 32 heavy (non-hydrogen) atoms. The fourth-order valence-electron chi connectivity index (χ4n) is 3.87. The highest BCUT2D eigenvalue weighted by Gasteiger charge is 2.15. The second kappa shape index (κ2) is 6.98. The molecule has 5 aromatic heterocycles. The van der Waals surface area contributed by atoms with E-state index >= 15 is 0 Å². The number of benzene rings is 1. The largest absolute Gasteiger partial charge is 0.506 e. The molecule has 1 aromatic carbocycles. The summed E-state index contributed by atoms with van der Waals surface area (Å²) in [4.78, 5) is 16.4. The molecule has 8 heteroatoms. The van der Waals surface area contributed by atoms with E-state index in [1.807, 2.05) is 18.2 Å². The number of aromatic nitrogens is 6. The lowest BCUT2D eigenvalue weighted by molar-refractivity contribution is 0.473. The Hall–Kier alpha value is -4.59. The maximum Gasteiger partial charge on any atom is 0.134 e. The van der Waals surface area contributed by atoms with Crippen LogP contribution >= 0.6 is 0 Å². The lowest BCUT2D eigenvalue weighted by atomic mass is 10.1. The Balaban J connectivity index is 1.50. The van der Waals surface area contributed by atoms with Gasteiger partial charge in [0.25, 0.3) is 0 Å². The Morgan fingerprint density at radius 1 is 0.781 bits per heavy atom. The monoisotopic (exact) mass is 422 g/mol. The molecule has 0 aliphatic carbocycles. The average Bonchev–Trinajstić information content (AvgIpc) is 3.43. The van der Waals surface area contributed by atoms with E-state index in [1.54, 1.807) is 36.8 Å². The number of nitrogens with zero attached hydrogens (tertiary/aromatic N) is 4. The predicted molar refractivity (Wildman–Crippen MR) is 119 cm³/mol. The summed E-state index contributed by atoms with van der Waals surface area (Å²) in [5.74, 6) is -0.210. The molecule has 154 valence electrons. The van der Waals surface area contributed by atoms with Crippen LogP contribution in [0.15, 0.2) is 73.3 Å². The molecule has 0 radical (unpaired) electrons. The molecule has 0 saturated carbocycles. The minimum absolute atomic E-state index is 0.0771. The molecule has 0 spiro atoms. The Bertz CT molecular complexity index is 1600. The minimum Gasteiger partial charge on any atom is -0.506 e. The zero-order valence-electron chi connectivity index (χ0n) is 16.5. The van der Waals surface area contributed by atoms with Crippen molar-refractivity contribution in [2.75, 3.05) is 0 Å². The second-order valence-electron chi connectivity index (χ2n) is 7.43. The van der Waals surface area contributed by atoms with Crippen molar-refractivity contribution in [3.63, 3.8) is 0 Å². The first kappa shape index (κ1) is 18.2. The maximum absolute atomic E-state index is 13.4. The third kappa shape index (κ3) is 2.97. The van der Waals surface area contributed by atoms with Crippen molar-refractivity contribution in [3.05, 3.63) is 79.1 Å². The summed E-state index contributed by atoms with van der Waals surface area (Å²) >= 11 is 0. The van der Waals surface area contributed by atoms with Crippen LogP contribution in [0.2, 0.25) is 0 Å². The Morgan fingerprint density at radius 2 is 1.62 bits per heavy atom. The summed E-state index contributed by atoms with van der Waals surface area (Å²) < 4.78 is 13.4. The van der Waals surface area contributed by atoms with Crippen LogP contribution in [0.1, 0.15) is 0 Å². The molecule has 5 heterocycles. The minimum atomic E-state index is -0.287. The van der Waals surface area contributed by atoms with E-state index in [0.29, 0.717) is 11.3 Å². The van der Waals surface area contributed by atoms with Gasteiger partial charge in [-0.15, -0.1) is 0 Å². The lowest BCUT2D eigenvalue weighted by Gasteiger charge is -2.02. The summed E-state index contributed by atoms with van der Waals surface area (Å²) in [6.07, 6.45) is 6.46. The number of rotatable bonds is 3. The Labute approximate surface area is 180 Å². The number of pyridine rings is 3. The first-order chi connectivity index (χ1) is 15.7. The van der Waals surface area contributed by atoms with Gasteiger partial charge in [0.15, 0.2) is 0 Å². The Kier molecular flexibility index (Phi) is 3.97. The summed E-state index contributed by atoms with van der Waals surface area (Å²) in [6.45, 7) is 0. The van der Waals surface area contributed by atoms with Crippen molar-refractivity contribution in [1.29, 1.82) is 0 Å². The van der Waals surface area contributed by atoms with E-state index in [9.17, 15) is 9.50 Å². The van der Waals surface area contributed by atoms with E-state index in [2.05, 4.69) is 30.1 Å². The highest BCUT2D eigenvalue weighted by Crippen LogP contribution is 2.34. The van der Waals surface area contributed by atoms with Gasteiger partial charge in [-0.05, 0) is 48.5 Å². The van der Waals surface area contributed by atoms with Crippen LogP contribution in [-0.2, 0) is 0 Å². The highest BCUT2D eigenvalue weighted by molar-refractivity contribution is 6.00. The van der Waals surface area contributed by atoms with E-state index in [4.69, 9.17) is 0 Å². The van der Waals surface area contributed by atoms with Crippen molar-refractivity contribution in [3.8, 4) is 39.7 Å². The van der Waals surface area contributed by atoms with Crippen molar-refractivity contribution in [1.82, 2.24) is 30.1 Å². The topological polar surface area (TPSA) is 103 Å². The molecular weight excluding hydrogens is 407 g/mol. The van der Waals surface area contributed by atoms with Gasteiger partial charge >= 0.3 is 0 Å². The number of hydrogen-bond donors (Lipinski definition) is 3. The van der Waals surface area contributed by atoms with Crippen LogP contribution in [-0.4, -0.2) is 35.2 Å². The van der Waals surface area contributed by atoms with Gasteiger partial charge < -0.3 is 10.1 Å². The van der Waals surface area contributed by atoms with Crippen molar-refractivity contribution in [2.45, 2.75) is 0 Å². The van der Waals surface area contributed by atoms with Gasteiger partial charge in [-0.1, -0.05) is 0 Å². The molecule has 0 aliphatic heterocycles. The SMILES string of the molecule is Oc1cncc(-c2cc3c(-c4cc5c(-c6ccc(F)cc6)nccc5[nH]4)n[nH]c3cn2)c1. The average molecular weight is 422 g/mol. The van der Waals surface area contributed by atoms with Gasteiger partial charge in [-0.25, -0.2) is 4.39 Å². The van der Waals surface area contributed by atoms with E-state index in [0.717, 1.165) is 44.5 Å². The van der Waals surface area contributed by atoms with Crippen LogP contribution in [0.3, 0.4) is 0 Å². The molecule has 0 bridgehead atoms. The number of H-pyrrole nitrogens is 2. The van der Waals surface area contributed by atoms with E-state index < -0.39 is 0 Å².